The highest BCUT2D eigenvalue weighted by molar-refractivity contribution is 6.30. The molecular weight excluding hydrogens is 552 g/mol. The second-order valence-corrected chi connectivity index (χ2v) is 10.3. The van der Waals surface area contributed by atoms with Gasteiger partial charge in [-0.05, 0) is 36.4 Å². The summed E-state index contributed by atoms with van der Waals surface area (Å²) in [6.45, 7) is 4.69. The fourth-order valence-corrected chi connectivity index (χ4v) is 4.81. The van der Waals surface area contributed by atoms with Crippen LogP contribution in [0.25, 0.3) is 11.4 Å². The fraction of sp³-hybridized carbons (Fsp3) is 0.219. The van der Waals surface area contributed by atoms with Crippen molar-refractivity contribution in [2.75, 3.05) is 49.5 Å². The summed E-state index contributed by atoms with van der Waals surface area (Å²) in [5.74, 6) is 1.70. The van der Waals surface area contributed by atoms with E-state index in [0.717, 1.165) is 11.4 Å². The molecule has 9 nitrogen and oxygen atoms in total. The lowest BCUT2D eigenvalue weighted by atomic mass is 10.0. The average molecular weight is 583 g/mol. The molecule has 0 spiro atoms. The highest BCUT2D eigenvalue weighted by Crippen LogP contribution is 2.25. The third kappa shape index (κ3) is 7.11. The lowest BCUT2D eigenvalue weighted by molar-refractivity contribution is -0.118. The molecule has 0 atom stereocenters. The van der Waals surface area contributed by atoms with Gasteiger partial charge in [-0.15, -0.1) is 0 Å². The van der Waals surface area contributed by atoms with Crippen LogP contribution in [0.4, 0.5) is 11.6 Å². The Morgan fingerprint density at radius 1 is 0.786 bits per heavy atom. The molecule has 3 aromatic carbocycles. The van der Waals surface area contributed by atoms with Gasteiger partial charge in [0.05, 0.1) is 0 Å². The highest BCUT2D eigenvalue weighted by atomic mass is 35.5. The number of nitrogens with one attached hydrogen (secondary N) is 2. The van der Waals surface area contributed by atoms with E-state index in [9.17, 15) is 14.4 Å². The van der Waals surface area contributed by atoms with E-state index >= 15 is 0 Å². The van der Waals surface area contributed by atoms with Crippen LogP contribution in [0.1, 0.15) is 33.2 Å². The van der Waals surface area contributed by atoms with Crippen LogP contribution in [-0.4, -0.2) is 71.7 Å². The zero-order chi connectivity index (χ0) is 29.5. The molecule has 1 saturated heterocycles. The van der Waals surface area contributed by atoms with Crippen molar-refractivity contribution in [1.82, 2.24) is 20.2 Å². The van der Waals surface area contributed by atoms with Gasteiger partial charge in [0, 0.05) is 79.5 Å². The minimum Gasteiger partial charge on any atom is -0.368 e. The van der Waals surface area contributed by atoms with Crippen LogP contribution in [0, 0.1) is 0 Å². The topological polar surface area (TPSA) is 108 Å². The summed E-state index contributed by atoms with van der Waals surface area (Å²) >= 11 is 6.08. The Hall–Kier alpha value is -4.76. The molecule has 1 fully saturated rings. The van der Waals surface area contributed by atoms with Gasteiger partial charge in [-0.2, -0.15) is 0 Å². The first kappa shape index (κ1) is 28.8. The third-order valence-corrected chi connectivity index (χ3v) is 7.19. The summed E-state index contributed by atoms with van der Waals surface area (Å²) < 4.78 is 0. The van der Waals surface area contributed by atoms with E-state index in [1.807, 2.05) is 41.3 Å². The number of hydrogen-bond acceptors (Lipinski definition) is 7. The van der Waals surface area contributed by atoms with E-state index in [4.69, 9.17) is 16.6 Å². The van der Waals surface area contributed by atoms with E-state index in [0.29, 0.717) is 72.6 Å². The molecule has 4 aromatic rings. The average Bonchev–Trinajstić information content (AvgIpc) is 3.03. The van der Waals surface area contributed by atoms with Gasteiger partial charge in [-0.25, -0.2) is 9.97 Å². The fourth-order valence-electron chi connectivity index (χ4n) is 4.69. The van der Waals surface area contributed by atoms with Gasteiger partial charge in [0.25, 0.3) is 5.91 Å². The van der Waals surface area contributed by atoms with Crippen molar-refractivity contribution < 1.29 is 14.4 Å². The van der Waals surface area contributed by atoms with Crippen LogP contribution in [0.2, 0.25) is 5.02 Å². The molecule has 10 heteroatoms. The summed E-state index contributed by atoms with van der Waals surface area (Å²) in [5, 5.41) is 6.66. The number of ketones is 1. The molecule has 0 saturated carbocycles. The maximum atomic E-state index is 13.3. The molecule has 0 aliphatic carbocycles. The van der Waals surface area contributed by atoms with Crippen LogP contribution in [0.5, 0.6) is 0 Å². The van der Waals surface area contributed by atoms with E-state index < -0.39 is 0 Å². The highest BCUT2D eigenvalue weighted by Gasteiger charge is 2.24. The number of amides is 2. The largest absolute Gasteiger partial charge is 0.368 e. The van der Waals surface area contributed by atoms with Crippen molar-refractivity contribution in [3.8, 4) is 11.4 Å². The van der Waals surface area contributed by atoms with Crippen molar-refractivity contribution >= 4 is 40.8 Å². The zero-order valence-electron chi connectivity index (χ0n) is 23.2. The van der Waals surface area contributed by atoms with Gasteiger partial charge in [0.15, 0.2) is 11.6 Å². The summed E-state index contributed by atoms with van der Waals surface area (Å²) in [6.07, 6.45) is 0. The normalized spacial score (nSPS) is 13.0. The van der Waals surface area contributed by atoms with Gasteiger partial charge in [0.1, 0.15) is 11.6 Å². The molecule has 1 aliphatic heterocycles. The lowest BCUT2D eigenvalue weighted by Gasteiger charge is -2.35. The standard InChI is InChI=1S/C32H31ClN6O3/c1-22(40)34-15-16-35-28-21-29(37-31(36-28)25-11-13-27(33)14-12-25)38-17-19-39(20-18-38)32(42)26-9-7-24(8-10-26)30(41)23-5-3-2-4-6-23/h2-14,21H,15-20H2,1H3,(H,34,40)(H,35,36,37). The molecule has 2 heterocycles. The summed E-state index contributed by atoms with van der Waals surface area (Å²) in [5.41, 5.74) is 2.53. The van der Waals surface area contributed by atoms with Gasteiger partial charge >= 0.3 is 0 Å². The van der Waals surface area contributed by atoms with Crippen molar-refractivity contribution in [1.29, 1.82) is 0 Å². The first-order valence-corrected chi connectivity index (χ1v) is 14.1. The molecule has 0 unspecified atom stereocenters. The number of halogens is 1. The minimum atomic E-state index is -0.0916. The minimum absolute atomic E-state index is 0.0711. The molecule has 5 rings (SSSR count). The summed E-state index contributed by atoms with van der Waals surface area (Å²) in [4.78, 5) is 50.6. The predicted octanol–water partition coefficient (Wildman–Crippen LogP) is 4.54. The van der Waals surface area contributed by atoms with Crippen LogP contribution < -0.4 is 15.5 Å². The molecule has 0 radical (unpaired) electrons. The van der Waals surface area contributed by atoms with Crippen LogP contribution in [0.15, 0.2) is 84.9 Å². The Kier molecular flexibility index (Phi) is 9.08. The van der Waals surface area contributed by atoms with Crippen LogP contribution in [0.3, 0.4) is 0 Å². The predicted molar refractivity (Wildman–Crippen MR) is 164 cm³/mol. The number of rotatable bonds is 9. The Labute approximate surface area is 249 Å². The molecule has 214 valence electrons. The number of nitrogens with zero attached hydrogens (tertiary/aromatic N) is 4. The lowest BCUT2D eigenvalue weighted by Crippen LogP contribution is -2.49. The maximum absolute atomic E-state index is 13.3. The Morgan fingerprint density at radius 2 is 1.43 bits per heavy atom. The quantitative estimate of drug-likeness (QED) is 0.220. The Bertz CT molecular complexity index is 1550. The van der Waals surface area contributed by atoms with Crippen molar-refractivity contribution in [2.45, 2.75) is 6.92 Å². The van der Waals surface area contributed by atoms with E-state index in [1.165, 1.54) is 6.92 Å². The van der Waals surface area contributed by atoms with Gasteiger partial charge in [-0.1, -0.05) is 54.1 Å². The van der Waals surface area contributed by atoms with E-state index in [-0.39, 0.29) is 17.6 Å². The summed E-state index contributed by atoms with van der Waals surface area (Å²) in [7, 11) is 0. The molecule has 2 amide bonds. The van der Waals surface area contributed by atoms with Crippen molar-refractivity contribution in [3.05, 3.63) is 107 Å². The van der Waals surface area contributed by atoms with Crippen LogP contribution >= 0.6 is 11.6 Å². The number of piperazine rings is 1. The third-order valence-electron chi connectivity index (χ3n) is 6.94. The first-order chi connectivity index (χ1) is 20.4. The number of carbonyl (C=O) groups is 3. The SMILES string of the molecule is CC(=O)NCCNc1cc(N2CCN(C(=O)c3ccc(C(=O)c4ccccc4)cc3)CC2)nc(-c2ccc(Cl)cc2)n1. The molecule has 1 aromatic heterocycles. The smallest absolute Gasteiger partial charge is 0.253 e. The molecule has 0 bridgehead atoms. The number of aromatic nitrogens is 2. The monoisotopic (exact) mass is 582 g/mol. The second-order valence-electron chi connectivity index (χ2n) is 9.90. The van der Waals surface area contributed by atoms with E-state index in [2.05, 4.69) is 20.5 Å². The van der Waals surface area contributed by atoms with Gasteiger partial charge in [0.2, 0.25) is 5.91 Å². The number of carbonyl (C=O) groups excluding carboxylic acids is 3. The number of benzene rings is 3. The maximum Gasteiger partial charge on any atom is 0.253 e. The molecule has 42 heavy (non-hydrogen) atoms. The van der Waals surface area contributed by atoms with Crippen molar-refractivity contribution in [3.63, 3.8) is 0 Å². The zero-order valence-corrected chi connectivity index (χ0v) is 24.0. The Morgan fingerprint density at radius 3 is 2.10 bits per heavy atom. The number of hydrogen-bond donors (Lipinski definition) is 2. The van der Waals surface area contributed by atoms with Gasteiger partial charge in [-0.3, -0.25) is 14.4 Å². The Balaban J connectivity index is 1.26. The molecule has 1 aliphatic rings. The van der Waals surface area contributed by atoms with E-state index in [1.54, 1.807) is 48.5 Å². The number of anilines is 2. The van der Waals surface area contributed by atoms with Crippen molar-refractivity contribution in [2.24, 2.45) is 0 Å². The van der Waals surface area contributed by atoms with Crippen LogP contribution in [-0.2, 0) is 4.79 Å². The summed E-state index contributed by atoms with van der Waals surface area (Å²) in [6, 6.07) is 25.2. The molecular formula is C32H31ClN6O3. The first-order valence-electron chi connectivity index (χ1n) is 13.7. The second kappa shape index (κ2) is 13.3. The molecule has 2 N–H and O–H groups in total. The van der Waals surface area contributed by atoms with Gasteiger partial charge < -0.3 is 20.4 Å².